The molecule has 138 valence electrons. The van der Waals surface area contributed by atoms with Crippen molar-refractivity contribution in [2.75, 3.05) is 23.3 Å². The summed E-state index contributed by atoms with van der Waals surface area (Å²) in [5.41, 5.74) is 2.56. The lowest BCUT2D eigenvalue weighted by molar-refractivity contribution is -0.120. The molecule has 0 bridgehead atoms. The number of piperidine rings is 1. The molecule has 26 heavy (non-hydrogen) atoms. The third-order valence-corrected chi connectivity index (χ3v) is 4.76. The zero-order valence-electron chi connectivity index (χ0n) is 15.2. The Hall–Kier alpha value is -2.57. The van der Waals surface area contributed by atoms with Gasteiger partial charge in [0.15, 0.2) is 0 Å². The minimum atomic E-state index is -0.314. The highest BCUT2D eigenvalue weighted by Gasteiger charge is 2.26. The topological polar surface area (TPSA) is 71.0 Å². The number of aryl methyl sites for hydroxylation is 2. The Morgan fingerprint density at radius 2 is 1.77 bits per heavy atom. The van der Waals surface area contributed by atoms with Crippen molar-refractivity contribution in [3.8, 4) is 0 Å². The van der Waals surface area contributed by atoms with Crippen molar-refractivity contribution in [2.24, 2.45) is 5.92 Å². The number of anilines is 2. The molecular weight excluding hydrogens is 333 g/mol. The SMILES string of the molecule is CCc1nnc(N2CCC(C(=O)Nc3ccc(F)cc3)CC2)nc1CC. The minimum Gasteiger partial charge on any atom is -0.339 e. The van der Waals surface area contributed by atoms with Gasteiger partial charge in [0, 0.05) is 24.7 Å². The van der Waals surface area contributed by atoms with Gasteiger partial charge in [-0.15, -0.1) is 5.10 Å². The van der Waals surface area contributed by atoms with Crippen LogP contribution >= 0.6 is 0 Å². The van der Waals surface area contributed by atoms with E-state index in [9.17, 15) is 9.18 Å². The Labute approximate surface area is 152 Å². The third kappa shape index (κ3) is 4.15. The van der Waals surface area contributed by atoms with E-state index in [4.69, 9.17) is 0 Å². The summed E-state index contributed by atoms with van der Waals surface area (Å²) in [7, 11) is 0. The smallest absolute Gasteiger partial charge is 0.245 e. The lowest BCUT2D eigenvalue weighted by atomic mass is 9.96. The van der Waals surface area contributed by atoms with Gasteiger partial charge < -0.3 is 10.2 Å². The molecule has 1 aliphatic heterocycles. The minimum absolute atomic E-state index is 0.0223. The molecule has 0 unspecified atom stereocenters. The molecule has 6 nitrogen and oxygen atoms in total. The lowest BCUT2D eigenvalue weighted by Gasteiger charge is -2.31. The normalized spacial score (nSPS) is 15.1. The highest BCUT2D eigenvalue weighted by atomic mass is 19.1. The molecule has 2 aromatic rings. The monoisotopic (exact) mass is 357 g/mol. The number of rotatable bonds is 5. The fourth-order valence-corrected chi connectivity index (χ4v) is 3.18. The summed E-state index contributed by atoms with van der Waals surface area (Å²) < 4.78 is 12.9. The Morgan fingerprint density at radius 3 is 2.38 bits per heavy atom. The summed E-state index contributed by atoms with van der Waals surface area (Å²) in [4.78, 5) is 19.2. The maximum absolute atomic E-state index is 12.9. The number of benzene rings is 1. The highest BCUT2D eigenvalue weighted by Crippen LogP contribution is 2.22. The third-order valence-electron chi connectivity index (χ3n) is 4.76. The second-order valence-corrected chi connectivity index (χ2v) is 6.47. The fraction of sp³-hybridized carbons (Fsp3) is 0.474. The first-order chi connectivity index (χ1) is 12.6. The summed E-state index contributed by atoms with van der Waals surface area (Å²) in [6, 6.07) is 5.83. The van der Waals surface area contributed by atoms with Gasteiger partial charge >= 0.3 is 0 Å². The van der Waals surface area contributed by atoms with Crippen LogP contribution in [0.15, 0.2) is 24.3 Å². The number of hydrogen-bond acceptors (Lipinski definition) is 5. The molecule has 1 amide bonds. The van der Waals surface area contributed by atoms with Gasteiger partial charge in [0.2, 0.25) is 11.9 Å². The molecule has 3 rings (SSSR count). The van der Waals surface area contributed by atoms with Crippen molar-refractivity contribution in [3.05, 3.63) is 41.5 Å². The number of nitrogens with zero attached hydrogens (tertiary/aromatic N) is 4. The van der Waals surface area contributed by atoms with Crippen LogP contribution < -0.4 is 10.2 Å². The van der Waals surface area contributed by atoms with Gasteiger partial charge in [-0.2, -0.15) is 5.10 Å². The molecule has 1 saturated heterocycles. The molecule has 2 heterocycles. The van der Waals surface area contributed by atoms with Crippen LogP contribution in [-0.2, 0) is 17.6 Å². The van der Waals surface area contributed by atoms with Crippen molar-refractivity contribution >= 4 is 17.5 Å². The number of carbonyl (C=O) groups is 1. The van der Waals surface area contributed by atoms with Gasteiger partial charge in [-0.1, -0.05) is 13.8 Å². The van der Waals surface area contributed by atoms with E-state index in [1.165, 1.54) is 12.1 Å². The molecule has 1 aromatic heterocycles. The molecule has 1 aromatic carbocycles. The largest absolute Gasteiger partial charge is 0.339 e. The number of aromatic nitrogens is 3. The molecule has 7 heteroatoms. The number of nitrogens with one attached hydrogen (secondary N) is 1. The van der Waals surface area contributed by atoms with Gasteiger partial charge in [-0.25, -0.2) is 9.37 Å². The molecular formula is C19H24FN5O. The van der Waals surface area contributed by atoms with Crippen LogP contribution in [0.2, 0.25) is 0 Å². The average molecular weight is 357 g/mol. The van der Waals surface area contributed by atoms with Crippen molar-refractivity contribution in [2.45, 2.75) is 39.5 Å². The van der Waals surface area contributed by atoms with Crippen molar-refractivity contribution in [1.82, 2.24) is 15.2 Å². The summed E-state index contributed by atoms with van der Waals surface area (Å²) in [6.45, 7) is 5.56. The van der Waals surface area contributed by atoms with E-state index < -0.39 is 0 Å². The summed E-state index contributed by atoms with van der Waals surface area (Å²) >= 11 is 0. The van der Waals surface area contributed by atoms with E-state index in [1.807, 2.05) is 0 Å². The molecule has 0 saturated carbocycles. The van der Waals surface area contributed by atoms with Crippen LogP contribution in [-0.4, -0.2) is 34.2 Å². The van der Waals surface area contributed by atoms with Crippen LogP contribution in [0, 0.1) is 11.7 Å². The number of halogens is 1. The van der Waals surface area contributed by atoms with Gasteiger partial charge in [-0.05, 0) is 49.9 Å². The summed E-state index contributed by atoms with van der Waals surface area (Å²) in [5, 5.41) is 11.4. The Morgan fingerprint density at radius 1 is 1.12 bits per heavy atom. The molecule has 0 spiro atoms. The average Bonchev–Trinajstić information content (AvgIpc) is 2.69. The zero-order chi connectivity index (χ0) is 18.5. The maximum atomic E-state index is 12.9. The number of carbonyl (C=O) groups excluding carboxylic acids is 1. The van der Waals surface area contributed by atoms with E-state index in [0.717, 1.165) is 50.2 Å². The molecule has 0 atom stereocenters. The molecule has 1 aliphatic rings. The number of amides is 1. The molecule has 0 radical (unpaired) electrons. The van der Waals surface area contributed by atoms with E-state index in [0.29, 0.717) is 11.6 Å². The Kier molecular flexibility index (Phi) is 5.75. The van der Waals surface area contributed by atoms with E-state index in [2.05, 4.69) is 39.2 Å². The first kappa shape index (κ1) is 18.2. The molecule has 1 fully saturated rings. The first-order valence-electron chi connectivity index (χ1n) is 9.14. The van der Waals surface area contributed by atoms with Crippen molar-refractivity contribution < 1.29 is 9.18 Å². The quantitative estimate of drug-likeness (QED) is 0.891. The summed E-state index contributed by atoms with van der Waals surface area (Å²) in [5.74, 6) is 0.248. The van der Waals surface area contributed by atoms with Crippen LogP contribution in [0.1, 0.15) is 38.1 Å². The van der Waals surface area contributed by atoms with Gasteiger partial charge in [0.1, 0.15) is 5.82 Å². The van der Waals surface area contributed by atoms with Crippen LogP contribution in [0.3, 0.4) is 0 Å². The second-order valence-electron chi connectivity index (χ2n) is 6.47. The van der Waals surface area contributed by atoms with Crippen LogP contribution in [0.25, 0.3) is 0 Å². The predicted molar refractivity (Wildman–Crippen MR) is 98.5 cm³/mol. The zero-order valence-corrected chi connectivity index (χ0v) is 15.2. The standard InChI is InChI=1S/C19H24FN5O/c1-3-16-17(4-2)23-24-19(22-16)25-11-9-13(10-12-25)18(26)21-15-7-5-14(20)6-8-15/h5-8,13H,3-4,9-12H2,1-2H3,(H,21,26). The Bertz CT molecular complexity index is 757. The van der Waals surface area contributed by atoms with Gasteiger partial charge in [0.25, 0.3) is 0 Å². The number of hydrogen-bond donors (Lipinski definition) is 1. The molecule has 0 aliphatic carbocycles. The van der Waals surface area contributed by atoms with Gasteiger partial charge in [-0.3, -0.25) is 4.79 Å². The van der Waals surface area contributed by atoms with Crippen LogP contribution in [0.5, 0.6) is 0 Å². The van der Waals surface area contributed by atoms with Crippen molar-refractivity contribution in [1.29, 1.82) is 0 Å². The maximum Gasteiger partial charge on any atom is 0.245 e. The Balaban J connectivity index is 1.58. The fourth-order valence-electron chi connectivity index (χ4n) is 3.18. The second kappa shape index (κ2) is 8.21. The van der Waals surface area contributed by atoms with Gasteiger partial charge in [0.05, 0.1) is 11.4 Å². The van der Waals surface area contributed by atoms with E-state index >= 15 is 0 Å². The first-order valence-corrected chi connectivity index (χ1v) is 9.14. The molecule has 1 N–H and O–H groups in total. The van der Waals surface area contributed by atoms with E-state index in [-0.39, 0.29) is 17.6 Å². The van der Waals surface area contributed by atoms with E-state index in [1.54, 1.807) is 12.1 Å². The van der Waals surface area contributed by atoms with Crippen LogP contribution in [0.4, 0.5) is 16.0 Å². The lowest BCUT2D eigenvalue weighted by Crippen LogP contribution is -2.39. The van der Waals surface area contributed by atoms with Crippen molar-refractivity contribution in [3.63, 3.8) is 0 Å². The predicted octanol–water partition coefficient (Wildman–Crippen LogP) is 2.99. The summed E-state index contributed by atoms with van der Waals surface area (Å²) in [6.07, 6.45) is 3.12. The highest BCUT2D eigenvalue weighted by molar-refractivity contribution is 5.92.